The molecule has 0 radical (unpaired) electrons. The number of aliphatic imine (C=N–C) groups is 1. The summed E-state index contributed by atoms with van der Waals surface area (Å²) in [6, 6.07) is 0. The Kier molecular flexibility index (Phi) is 2.10. The Morgan fingerprint density at radius 3 is 2.80 bits per heavy atom. The average molecular weight is 162 g/mol. The molecule has 56 valence electrons. The molecule has 0 aromatic heterocycles. The maximum absolute atomic E-state index is 10.1. The molecular weight excluding hydrogens is 158 g/mol. The first kappa shape index (κ1) is 7.32. The van der Waals surface area contributed by atoms with E-state index in [4.69, 9.17) is 0 Å². The number of hydrogen-bond donors (Lipinski definition) is 2. The molecule has 1 aliphatic heterocycles. The van der Waals surface area contributed by atoms with Gasteiger partial charge in [-0.05, 0) is 0 Å². The van der Waals surface area contributed by atoms with Crippen molar-refractivity contribution in [3.05, 3.63) is 0 Å². The van der Waals surface area contributed by atoms with Crippen molar-refractivity contribution in [2.45, 2.75) is 6.17 Å². The molecule has 0 saturated carbocycles. The van der Waals surface area contributed by atoms with Gasteiger partial charge in [0, 0.05) is 11.1 Å². The molecule has 1 heterocycles. The summed E-state index contributed by atoms with van der Waals surface area (Å²) in [5.41, 5.74) is 4.54. The summed E-state index contributed by atoms with van der Waals surface area (Å²) in [5, 5.41) is -0.239. The van der Waals surface area contributed by atoms with Crippen LogP contribution in [-0.4, -0.2) is 26.4 Å². The topological polar surface area (TPSA) is 93.6 Å². The first-order chi connectivity index (χ1) is 4.74. The Hall–Kier alpha value is -0.790. The second kappa shape index (κ2) is 2.86. The number of amidine groups is 1. The van der Waals surface area contributed by atoms with Gasteiger partial charge in [0.25, 0.3) is 0 Å². The fraction of sp³-hybridized carbons (Fsp3) is 0.333. The van der Waals surface area contributed by atoms with Gasteiger partial charge in [0.05, 0.1) is 0 Å². The maximum atomic E-state index is 10.1. The molecule has 0 fully saturated rings. The fourth-order valence-corrected chi connectivity index (χ4v) is 0.818. The molecule has 2 unspecified atom stereocenters. The lowest BCUT2D eigenvalue weighted by Gasteiger charge is -2.02. The lowest BCUT2D eigenvalue weighted by molar-refractivity contribution is -0.109. The third-order valence-electron chi connectivity index (χ3n) is 0.870. The van der Waals surface area contributed by atoms with Crippen LogP contribution in [0.1, 0.15) is 0 Å². The van der Waals surface area contributed by atoms with E-state index in [0.29, 0.717) is 6.29 Å². The van der Waals surface area contributed by atoms with E-state index in [1.807, 2.05) is 0 Å². The molecule has 0 aromatic carbocycles. The van der Waals surface area contributed by atoms with Crippen molar-refractivity contribution in [1.82, 2.24) is 10.9 Å². The molecule has 0 spiro atoms. The highest BCUT2D eigenvalue weighted by molar-refractivity contribution is 7.95. The van der Waals surface area contributed by atoms with Crippen molar-refractivity contribution < 1.29 is 13.6 Å². The van der Waals surface area contributed by atoms with Gasteiger partial charge in [0.2, 0.25) is 0 Å². The molecule has 1 rings (SSSR count). The number of carbonyl (C=O) groups is 1. The van der Waals surface area contributed by atoms with Crippen molar-refractivity contribution in [3.63, 3.8) is 0 Å². The number of hydrazine groups is 1. The summed E-state index contributed by atoms with van der Waals surface area (Å²) in [6.45, 7) is 0. The van der Waals surface area contributed by atoms with E-state index in [1.165, 1.54) is 0 Å². The number of hydrogen-bond acceptors (Lipinski definition) is 6. The highest BCUT2D eigenvalue weighted by atomic mass is 32.2. The van der Waals surface area contributed by atoms with Crippen LogP contribution >= 0.6 is 0 Å². The Balaban J connectivity index is 2.65. The second-order valence-corrected chi connectivity index (χ2v) is 2.38. The Morgan fingerprint density at radius 1 is 1.80 bits per heavy atom. The van der Waals surface area contributed by atoms with E-state index in [9.17, 15) is 13.6 Å². The number of nitrogens with one attached hydrogen (secondary N) is 2. The van der Waals surface area contributed by atoms with Crippen LogP contribution in [0.4, 0.5) is 0 Å². The van der Waals surface area contributed by atoms with Gasteiger partial charge >= 0.3 is 0 Å². The van der Waals surface area contributed by atoms with Gasteiger partial charge < -0.3 is 4.55 Å². The lowest BCUT2D eigenvalue weighted by atomic mass is 10.6. The molecule has 1 aliphatic rings. The minimum absolute atomic E-state index is 0.239. The van der Waals surface area contributed by atoms with Crippen LogP contribution < -0.4 is 10.9 Å². The molecule has 0 bridgehead atoms. The Bertz CT molecular complexity index is 203. The standard InChI is InChI=1S/C3H5N3O3S/c7-1-2-4-3(6-5-2)10(8)9/h1-2,5H,(H,4,6)(H,8,9)/p-1. The molecule has 0 saturated heterocycles. The molecule has 2 atom stereocenters. The zero-order valence-corrected chi connectivity index (χ0v) is 5.55. The predicted molar refractivity (Wildman–Crippen MR) is 32.5 cm³/mol. The number of rotatable bonds is 1. The summed E-state index contributed by atoms with van der Waals surface area (Å²) in [7, 11) is 0. The minimum Gasteiger partial charge on any atom is -0.766 e. The number of carbonyl (C=O) groups excluding carboxylic acids is 1. The van der Waals surface area contributed by atoms with E-state index in [0.717, 1.165) is 0 Å². The van der Waals surface area contributed by atoms with E-state index in [1.54, 1.807) is 0 Å². The van der Waals surface area contributed by atoms with Gasteiger partial charge in [0.1, 0.15) is 0 Å². The SMILES string of the molecule is O=CC1N=C(S(=O)[O-])NN1. The van der Waals surface area contributed by atoms with Crippen molar-refractivity contribution >= 4 is 22.5 Å². The van der Waals surface area contributed by atoms with E-state index in [2.05, 4.69) is 15.8 Å². The molecule has 6 nitrogen and oxygen atoms in total. The van der Waals surface area contributed by atoms with Crippen LogP contribution in [0.15, 0.2) is 4.99 Å². The maximum Gasteiger partial charge on any atom is 0.190 e. The molecule has 0 aromatic rings. The monoisotopic (exact) mass is 162 g/mol. The third kappa shape index (κ3) is 1.38. The van der Waals surface area contributed by atoms with Crippen LogP contribution in [0, 0.1) is 0 Å². The van der Waals surface area contributed by atoms with Crippen molar-refractivity contribution in [1.29, 1.82) is 0 Å². The van der Waals surface area contributed by atoms with Crippen LogP contribution in [0.5, 0.6) is 0 Å². The van der Waals surface area contributed by atoms with Crippen LogP contribution in [-0.2, 0) is 15.9 Å². The molecular formula is C3H4N3O3S-. The zero-order chi connectivity index (χ0) is 7.56. The average Bonchev–Trinajstić information content (AvgIpc) is 2.34. The first-order valence-electron chi connectivity index (χ1n) is 2.38. The van der Waals surface area contributed by atoms with E-state index >= 15 is 0 Å². The molecule has 0 amide bonds. The van der Waals surface area contributed by atoms with Gasteiger partial charge in [-0.25, -0.2) is 10.4 Å². The van der Waals surface area contributed by atoms with Crippen molar-refractivity contribution in [3.8, 4) is 0 Å². The molecule has 0 aliphatic carbocycles. The summed E-state index contributed by atoms with van der Waals surface area (Å²) < 4.78 is 20.2. The van der Waals surface area contributed by atoms with Gasteiger partial charge in [-0.15, -0.1) is 0 Å². The Labute approximate surface area is 59.0 Å². The summed E-state index contributed by atoms with van der Waals surface area (Å²) in [4.78, 5) is 13.4. The smallest absolute Gasteiger partial charge is 0.190 e. The summed E-state index contributed by atoms with van der Waals surface area (Å²) in [6.07, 6.45) is -0.291. The predicted octanol–water partition coefficient (Wildman–Crippen LogP) is -2.15. The molecule has 2 N–H and O–H groups in total. The van der Waals surface area contributed by atoms with Gasteiger partial charge in [-0.1, -0.05) is 0 Å². The van der Waals surface area contributed by atoms with Gasteiger partial charge in [-0.3, -0.25) is 14.4 Å². The summed E-state index contributed by atoms with van der Waals surface area (Å²) >= 11 is -2.40. The Morgan fingerprint density at radius 2 is 2.50 bits per heavy atom. The zero-order valence-electron chi connectivity index (χ0n) is 4.73. The summed E-state index contributed by atoms with van der Waals surface area (Å²) in [5.74, 6) is 0. The lowest BCUT2D eigenvalue weighted by Crippen LogP contribution is -2.36. The molecule has 7 heteroatoms. The fourth-order valence-electron chi connectivity index (χ4n) is 0.476. The quantitative estimate of drug-likeness (QED) is 0.339. The van der Waals surface area contributed by atoms with Crippen molar-refractivity contribution in [2.75, 3.05) is 0 Å². The third-order valence-corrected chi connectivity index (χ3v) is 1.39. The highest BCUT2D eigenvalue weighted by Crippen LogP contribution is 1.90. The highest BCUT2D eigenvalue weighted by Gasteiger charge is 2.14. The van der Waals surface area contributed by atoms with Crippen molar-refractivity contribution in [2.24, 2.45) is 4.99 Å². The second-order valence-electron chi connectivity index (χ2n) is 1.52. The number of nitrogens with zero attached hydrogens (tertiary/aromatic N) is 1. The van der Waals surface area contributed by atoms with Gasteiger partial charge in [-0.2, -0.15) is 0 Å². The minimum atomic E-state index is -2.40. The van der Waals surface area contributed by atoms with Crippen LogP contribution in [0.3, 0.4) is 0 Å². The first-order valence-corrected chi connectivity index (χ1v) is 3.45. The molecule has 10 heavy (non-hydrogen) atoms. The van der Waals surface area contributed by atoms with Crippen LogP contribution in [0.2, 0.25) is 0 Å². The van der Waals surface area contributed by atoms with E-state index < -0.39 is 17.2 Å². The number of aldehydes is 1. The van der Waals surface area contributed by atoms with E-state index in [-0.39, 0.29) is 5.17 Å². The largest absolute Gasteiger partial charge is 0.766 e. The van der Waals surface area contributed by atoms with Gasteiger partial charge in [0.15, 0.2) is 17.6 Å². The van der Waals surface area contributed by atoms with Crippen LogP contribution in [0.25, 0.3) is 0 Å². The normalized spacial score (nSPS) is 26.9.